The first-order valence-electron chi connectivity index (χ1n) is 4.81. The Bertz CT molecular complexity index is 572. The highest BCUT2D eigenvalue weighted by molar-refractivity contribution is 9.10. The van der Waals surface area contributed by atoms with Crippen LogP contribution < -0.4 is 4.74 Å². The van der Waals surface area contributed by atoms with Crippen molar-refractivity contribution in [3.05, 3.63) is 58.3 Å². The zero-order chi connectivity index (χ0) is 12.3. The van der Waals surface area contributed by atoms with E-state index in [0.29, 0.717) is 21.5 Å². The molecule has 0 fully saturated rings. The van der Waals surface area contributed by atoms with Gasteiger partial charge in [-0.1, -0.05) is 22.0 Å². The van der Waals surface area contributed by atoms with E-state index in [4.69, 9.17) is 10.00 Å². The predicted octanol–water partition coefficient (Wildman–Crippen LogP) is 4.25. The van der Waals surface area contributed by atoms with Crippen LogP contribution in [0.25, 0.3) is 0 Å². The minimum atomic E-state index is -0.384. The van der Waals surface area contributed by atoms with Crippen molar-refractivity contribution in [3.8, 4) is 17.6 Å². The van der Waals surface area contributed by atoms with E-state index in [1.54, 1.807) is 30.3 Å². The van der Waals surface area contributed by atoms with E-state index in [0.717, 1.165) is 0 Å². The maximum Gasteiger partial charge on any atom is 0.131 e. The van der Waals surface area contributed by atoms with Crippen LogP contribution in [-0.4, -0.2) is 0 Å². The van der Waals surface area contributed by atoms with Crippen LogP contribution in [0.3, 0.4) is 0 Å². The summed E-state index contributed by atoms with van der Waals surface area (Å²) >= 11 is 3.18. The molecule has 0 saturated carbocycles. The molecular weight excluding hydrogens is 285 g/mol. The fourth-order valence-corrected chi connectivity index (χ4v) is 1.80. The van der Waals surface area contributed by atoms with Gasteiger partial charge in [0.2, 0.25) is 0 Å². The van der Waals surface area contributed by atoms with Crippen molar-refractivity contribution in [3.63, 3.8) is 0 Å². The third-order valence-corrected chi connectivity index (χ3v) is 2.49. The SMILES string of the molecule is N#Cc1cccc(Oc2cc(F)cc(Br)c2)c1. The average Bonchev–Trinajstić information content (AvgIpc) is 2.28. The molecule has 0 bridgehead atoms. The Morgan fingerprint density at radius 3 is 2.65 bits per heavy atom. The predicted molar refractivity (Wildman–Crippen MR) is 65.3 cm³/mol. The Morgan fingerprint density at radius 1 is 1.12 bits per heavy atom. The van der Waals surface area contributed by atoms with Gasteiger partial charge in [0.25, 0.3) is 0 Å². The van der Waals surface area contributed by atoms with Crippen molar-refractivity contribution in [1.82, 2.24) is 0 Å². The van der Waals surface area contributed by atoms with E-state index < -0.39 is 0 Å². The maximum absolute atomic E-state index is 13.1. The Labute approximate surface area is 106 Å². The Hall–Kier alpha value is -1.86. The molecule has 2 rings (SSSR count). The quantitative estimate of drug-likeness (QED) is 0.828. The summed E-state index contributed by atoms with van der Waals surface area (Å²) in [6.45, 7) is 0. The number of halogens is 2. The summed E-state index contributed by atoms with van der Waals surface area (Å²) in [6, 6.07) is 13.0. The van der Waals surface area contributed by atoms with Gasteiger partial charge in [0.05, 0.1) is 11.6 Å². The number of nitrogens with zero attached hydrogens (tertiary/aromatic N) is 1. The number of benzene rings is 2. The van der Waals surface area contributed by atoms with E-state index in [2.05, 4.69) is 15.9 Å². The molecular formula is C13H7BrFNO. The molecule has 2 aromatic rings. The summed E-state index contributed by atoms with van der Waals surface area (Å²) < 4.78 is 19.2. The first-order chi connectivity index (χ1) is 8.17. The molecule has 84 valence electrons. The minimum absolute atomic E-state index is 0.381. The van der Waals surface area contributed by atoms with Crippen molar-refractivity contribution in [1.29, 1.82) is 5.26 Å². The highest BCUT2D eigenvalue weighted by Gasteiger charge is 2.02. The summed E-state index contributed by atoms with van der Waals surface area (Å²) in [7, 11) is 0. The van der Waals surface area contributed by atoms with Gasteiger partial charge in [-0.3, -0.25) is 0 Å². The standard InChI is InChI=1S/C13H7BrFNO/c14-10-5-11(15)7-13(6-10)17-12-3-1-2-9(4-12)8-16/h1-7H. The second-order valence-electron chi connectivity index (χ2n) is 3.35. The van der Waals surface area contributed by atoms with Crippen LogP contribution in [-0.2, 0) is 0 Å². The normalized spacial score (nSPS) is 9.71. The molecule has 0 radical (unpaired) electrons. The number of ether oxygens (including phenoxy) is 1. The zero-order valence-corrected chi connectivity index (χ0v) is 10.2. The number of rotatable bonds is 2. The first-order valence-corrected chi connectivity index (χ1v) is 5.61. The maximum atomic E-state index is 13.1. The molecule has 0 spiro atoms. The van der Waals surface area contributed by atoms with Gasteiger partial charge in [-0.05, 0) is 30.3 Å². The molecule has 2 aromatic carbocycles. The molecule has 0 atom stereocenters. The van der Waals surface area contributed by atoms with Crippen molar-refractivity contribution in [2.45, 2.75) is 0 Å². The number of hydrogen-bond acceptors (Lipinski definition) is 2. The van der Waals surface area contributed by atoms with Gasteiger partial charge < -0.3 is 4.74 Å². The van der Waals surface area contributed by atoms with E-state index in [1.165, 1.54) is 12.1 Å². The molecule has 0 N–H and O–H groups in total. The monoisotopic (exact) mass is 291 g/mol. The average molecular weight is 292 g/mol. The lowest BCUT2D eigenvalue weighted by Gasteiger charge is -2.06. The molecule has 4 heteroatoms. The minimum Gasteiger partial charge on any atom is -0.457 e. The van der Waals surface area contributed by atoms with E-state index in [1.807, 2.05) is 6.07 Å². The van der Waals surface area contributed by atoms with Crippen LogP contribution in [0.15, 0.2) is 46.9 Å². The van der Waals surface area contributed by atoms with E-state index >= 15 is 0 Å². The van der Waals surface area contributed by atoms with Gasteiger partial charge in [0.15, 0.2) is 0 Å². The first kappa shape index (κ1) is 11.6. The second-order valence-corrected chi connectivity index (χ2v) is 4.26. The smallest absolute Gasteiger partial charge is 0.131 e. The van der Waals surface area contributed by atoms with Crippen LogP contribution in [0.5, 0.6) is 11.5 Å². The summed E-state index contributed by atoms with van der Waals surface area (Å²) in [6.07, 6.45) is 0. The van der Waals surface area contributed by atoms with Gasteiger partial charge in [0.1, 0.15) is 17.3 Å². The number of nitriles is 1. The summed E-state index contributed by atoms with van der Waals surface area (Å²) in [4.78, 5) is 0. The lowest BCUT2D eigenvalue weighted by Crippen LogP contribution is -1.86. The van der Waals surface area contributed by atoms with Gasteiger partial charge in [-0.15, -0.1) is 0 Å². The van der Waals surface area contributed by atoms with E-state index in [-0.39, 0.29) is 5.82 Å². The topological polar surface area (TPSA) is 33.0 Å². The Kier molecular flexibility index (Phi) is 3.40. The van der Waals surface area contributed by atoms with Crippen molar-refractivity contribution >= 4 is 15.9 Å². The molecule has 0 unspecified atom stereocenters. The van der Waals surface area contributed by atoms with Gasteiger partial charge in [-0.25, -0.2) is 4.39 Å². The lowest BCUT2D eigenvalue weighted by atomic mass is 10.2. The summed E-state index contributed by atoms with van der Waals surface area (Å²) in [5.41, 5.74) is 0.498. The van der Waals surface area contributed by atoms with Crippen molar-refractivity contribution in [2.75, 3.05) is 0 Å². The molecule has 2 nitrogen and oxygen atoms in total. The largest absolute Gasteiger partial charge is 0.457 e. The molecule has 0 aliphatic heterocycles. The molecule has 0 aliphatic carbocycles. The third kappa shape index (κ3) is 3.05. The third-order valence-electron chi connectivity index (χ3n) is 2.03. The molecule has 0 amide bonds. The van der Waals surface area contributed by atoms with Crippen LogP contribution in [0.2, 0.25) is 0 Å². The van der Waals surface area contributed by atoms with Crippen LogP contribution in [0.1, 0.15) is 5.56 Å². The van der Waals surface area contributed by atoms with Crippen LogP contribution >= 0.6 is 15.9 Å². The highest BCUT2D eigenvalue weighted by atomic mass is 79.9. The van der Waals surface area contributed by atoms with Crippen molar-refractivity contribution in [2.24, 2.45) is 0 Å². The molecule has 0 aromatic heterocycles. The molecule has 0 saturated heterocycles. The fourth-order valence-electron chi connectivity index (χ4n) is 1.35. The molecule has 0 heterocycles. The van der Waals surface area contributed by atoms with Gasteiger partial charge in [0, 0.05) is 10.5 Å². The summed E-state index contributed by atoms with van der Waals surface area (Å²) in [5.74, 6) is 0.499. The second kappa shape index (κ2) is 4.98. The van der Waals surface area contributed by atoms with Crippen LogP contribution in [0, 0.1) is 17.1 Å². The Morgan fingerprint density at radius 2 is 1.94 bits per heavy atom. The fraction of sp³-hybridized carbons (Fsp3) is 0. The van der Waals surface area contributed by atoms with Crippen LogP contribution in [0.4, 0.5) is 4.39 Å². The molecule has 0 aliphatic rings. The number of hydrogen-bond donors (Lipinski definition) is 0. The Balaban J connectivity index is 2.28. The highest BCUT2D eigenvalue weighted by Crippen LogP contribution is 2.26. The molecule has 17 heavy (non-hydrogen) atoms. The van der Waals surface area contributed by atoms with Crippen molar-refractivity contribution < 1.29 is 9.13 Å². The lowest BCUT2D eigenvalue weighted by molar-refractivity contribution is 0.476. The van der Waals surface area contributed by atoms with Gasteiger partial charge >= 0.3 is 0 Å². The zero-order valence-electron chi connectivity index (χ0n) is 8.65. The summed E-state index contributed by atoms with van der Waals surface area (Å²) in [5, 5.41) is 8.74. The van der Waals surface area contributed by atoms with E-state index in [9.17, 15) is 4.39 Å². The van der Waals surface area contributed by atoms with Gasteiger partial charge in [-0.2, -0.15) is 5.26 Å².